The molecule has 0 radical (unpaired) electrons. The van der Waals surface area contributed by atoms with Gasteiger partial charge in [-0.25, -0.2) is 0 Å². The van der Waals surface area contributed by atoms with E-state index in [4.69, 9.17) is 9.47 Å². The van der Waals surface area contributed by atoms with Crippen LogP contribution in [0.5, 0.6) is 11.8 Å². The summed E-state index contributed by atoms with van der Waals surface area (Å²) in [6.07, 6.45) is 1.72. The quantitative estimate of drug-likeness (QED) is 0.456. The van der Waals surface area contributed by atoms with Gasteiger partial charge in [-0.2, -0.15) is 4.98 Å². The first-order chi connectivity index (χ1) is 14.7. The van der Waals surface area contributed by atoms with Gasteiger partial charge in [-0.05, 0) is 29.3 Å². The molecular weight excluding hydrogens is 376 g/mol. The Bertz CT molecular complexity index is 1170. The van der Waals surface area contributed by atoms with E-state index in [1.807, 2.05) is 72.8 Å². The number of aryl methyl sites for hydroxylation is 1. The molecule has 0 atom stereocenters. The van der Waals surface area contributed by atoms with Crippen LogP contribution in [0.3, 0.4) is 0 Å². The smallest absolute Gasteiger partial charge is 0.258 e. The highest BCUT2D eigenvalue weighted by Crippen LogP contribution is 2.29. The Labute approximate surface area is 175 Å². The Morgan fingerprint density at radius 2 is 1.37 bits per heavy atom. The Kier molecular flexibility index (Phi) is 5.90. The Morgan fingerprint density at radius 1 is 0.733 bits per heavy atom. The number of rotatable bonds is 7. The van der Waals surface area contributed by atoms with Crippen molar-refractivity contribution in [3.63, 3.8) is 0 Å². The SMILES string of the molecule is Cn1cccc(-c2ccc(OCc3ccccc3)nc2OCc2ccccc2)c1=O. The zero-order valence-electron chi connectivity index (χ0n) is 16.7. The van der Waals surface area contributed by atoms with Gasteiger partial charge in [0.1, 0.15) is 13.2 Å². The first-order valence-corrected chi connectivity index (χ1v) is 9.71. The molecule has 5 heteroatoms. The fourth-order valence-corrected chi connectivity index (χ4v) is 3.08. The van der Waals surface area contributed by atoms with E-state index in [2.05, 4.69) is 4.98 Å². The van der Waals surface area contributed by atoms with Gasteiger partial charge in [-0.3, -0.25) is 4.79 Å². The minimum absolute atomic E-state index is 0.109. The van der Waals surface area contributed by atoms with Crippen LogP contribution in [0.1, 0.15) is 11.1 Å². The molecule has 0 spiro atoms. The molecule has 30 heavy (non-hydrogen) atoms. The van der Waals surface area contributed by atoms with Gasteiger partial charge in [0.15, 0.2) is 0 Å². The minimum Gasteiger partial charge on any atom is -0.473 e. The van der Waals surface area contributed by atoms with E-state index in [-0.39, 0.29) is 5.56 Å². The number of nitrogens with zero attached hydrogens (tertiary/aromatic N) is 2. The molecule has 4 rings (SSSR count). The van der Waals surface area contributed by atoms with E-state index in [0.29, 0.717) is 36.1 Å². The fraction of sp³-hybridized carbons (Fsp3) is 0.120. The summed E-state index contributed by atoms with van der Waals surface area (Å²) >= 11 is 0. The zero-order valence-corrected chi connectivity index (χ0v) is 16.7. The van der Waals surface area contributed by atoms with Crippen LogP contribution in [0.2, 0.25) is 0 Å². The lowest BCUT2D eigenvalue weighted by atomic mass is 10.1. The molecule has 2 heterocycles. The highest BCUT2D eigenvalue weighted by atomic mass is 16.5. The average molecular weight is 398 g/mol. The third-order valence-electron chi connectivity index (χ3n) is 4.70. The molecule has 0 aliphatic rings. The van der Waals surface area contributed by atoms with Crippen LogP contribution < -0.4 is 15.0 Å². The second-order valence-corrected chi connectivity index (χ2v) is 6.89. The summed E-state index contributed by atoms with van der Waals surface area (Å²) in [7, 11) is 1.72. The molecule has 0 bridgehead atoms. The van der Waals surface area contributed by atoms with Crippen molar-refractivity contribution in [2.75, 3.05) is 0 Å². The molecule has 0 aliphatic heterocycles. The van der Waals surface area contributed by atoms with E-state index in [1.54, 1.807) is 25.4 Å². The van der Waals surface area contributed by atoms with Crippen LogP contribution in [-0.2, 0) is 20.3 Å². The number of benzene rings is 2. The molecule has 2 aromatic heterocycles. The van der Waals surface area contributed by atoms with E-state index in [1.165, 1.54) is 4.57 Å². The zero-order chi connectivity index (χ0) is 20.8. The number of pyridine rings is 2. The van der Waals surface area contributed by atoms with Crippen molar-refractivity contribution in [3.8, 4) is 22.9 Å². The van der Waals surface area contributed by atoms with Crippen LogP contribution >= 0.6 is 0 Å². The maximum atomic E-state index is 12.6. The third kappa shape index (κ3) is 4.58. The predicted octanol–water partition coefficient (Wildman–Crippen LogP) is 4.61. The van der Waals surface area contributed by atoms with Crippen molar-refractivity contribution in [1.82, 2.24) is 9.55 Å². The van der Waals surface area contributed by atoms with Gasteiger partial charge in [-0.1, -0.05) is 60.7 Å². The van der Waals surface area contributed by atoms with Gasteiger partial charge >= 0.3 is 0 Å². The van der Waals surface area contributed by atoms with Crippen molar-refractivity contribution in [2.45, 2.75) is 13.2 Å². The van der Waals surface area contributed by atoms with Gasteiger partial charge in [0.2, 0.25) is 11.8 Å². The summed E-state index contributed by atoms with van der Waals surface area (Å²) in [5, 5.41) is 0. The number of aromatic nitrogens is 2. The van der Waals surface area contributed by atoms with Crippen LogP contribution in [0.4, 0.5) is 0 Å². The highest BCUT2D eigenvalue weighted by molar-refractivity contribution is 5.68. The van der Waals surface area contributed by atoms with Crippen LogP contribution in [0.25, 0.3) is 11.1 Å². The van der Waals surface area contributed by atoms with Gasteiger partial charge in [0.05, 0.1) is 5.56 Å². The van der Waals surface area contributed by atoms with Crippen LogP contribution in [-0.4, -0.2) is 9.55 Å². The maximum absolute atomic E-state index is 12.6. The molecule has 0 amide bonds. The fourth-order valence-electron chi connectivity index (χ4n) is 3.08. The van der Waals surface area contributed by atoms with Gasteiger partial charge < -0.3 is 14.0 Å². The number of hydrogen-bond donors (Lipinski definition) is 0. The largest absolute Gasteiger partial charge is 0.473 e. The maximum Gasteiger partial charge on any atom is 0.258 e. The molecule has 150 valence electrons. The molecule has 0 fully saturated rings. The molecule has 0 aliphatic carbocycles. The second kappa shape index (κ2) is 9.09. The summed E-state index contributed by atoms with van der Waals surface area (Å²) in [4.78, 5) is 17.2. The van der Waals surface area contributed by atoms with Gasteiger partial charge in [0, 0.05) is 24.9 Å². The summed E-state index contributed by atoms with van der Waals surface area (Å²) in [6.45, 7) is 0.745. The van der Waals surface area contributed by atoms with Crippen molar-refractivity contribution in [1.29, 1.82) is 0 Å². The Balaban J connectivity index is 1.64. The molecule has 0 saturated carbocycles. The standard InChI is InChI=1S/C25H22N2O3/c1-27-16-8-13-22(25(27)28)21-14-15-23(29-17-19-9-4-2-5-10-19)26-24(21)30-18-20-11-6-3-7-12-20/h2-16H,17-18H2,1H3. The van der Waals surface area contributed by atoms with E-state index in [0.717, 1.165) is 11.1 Å². The topological polar surface area (TPSA) is 53.4 Å². The predicted molar refractivity (Wildman–Crippen MR) is 116 cm³/mol. The first-order valence-electron chi connectivity index (χ1n) is 9.71. The highest BCUT2D eigenvalue weighted by Gasteiger charge is 2.14. The Hall–Kier alpha value is -3.86. The van der Waals surface area contributed by atoms with Gasteiger partial charge in [-0.15, -0.1) is 0 Å². The molecule has 5 nitrogen and oxygen atoms in total. The van der Waals surface area contributed by atoms with E-state index >= 15 is 0 Å². The van der Waals surface area contributed by atoms with Crippen LogP contribution in [0, 0.1) is 0 Å². The second-order valence-electron chi connectivity index (χ2n) is 6.89. The summed E-state index contributed by atoms with van der Waals surface area (Å²) in [6, 6.07) is 26.9. The number of hydrogen-bond acceptors (Lipinski definition) is 4. The van der Waals surface area contributed by atoms with Crippen molar-refractivity contribution < 1.29 is 9.47 Å². The van der Waals surface area contributed by atoms with E-state index in [9.17, 15) is 4.79 Å². The van der Waals surface area contributed by atoms with Crippen LogP contribution in [0.15, 0.2) is 95.9 Å². The van der Waals surface area contributed by atoms with Crippen molar-refractivity contribution in [3.05, 3.63) is 113 Å². The summed E-state index contributed by atoms with van der Waals surface area (Å²) in [5.41, 5.74) is 3.13. The average Bonchev–Trinajstić information content (AvgIpc) is 2.80. The Morgan fingerprint density at radius 3 is 2.03 bits per heavy atom. The molecule has 0 N–H and O–H groups in total. The molecule has 0 unspecified atom stereocenters. The third-order valence-corrected chi connectivity index (χ3v) is 4.70. The normalized spacial score (nSPS) is 10.6. The first kappa shape index (κ1) is 19.5. The summed E-state index contributed by atoms with van der Waals surface area (Å²) < 4.78 is 13.4. The van der Waals surface area contributed by atoms with Crippen molar-refractivity contribution >= 4 is 0 Å². The molecular formula is C25H22N2O3. The van der Waals surface area contributed by atoms with Crippen molar-refractivity contribution in [2.24, 2.45) is 7.05 Å². The molecule has 0 saturated heterocycles. The van der Waals surface area contributed by atoms with Gasteiger partial charge in [0.25, 0.3) is 5.56 Å². The monoisotopic (exact) mass is 398 g/mol. The molecule has 2 aromatic carbocycles. The lowest BCUT2D eigenvalue weighted by molar-refractivity contribution is 0.268. The van der Waals surface area contributed by atoms with E-state index < -0.39 is 0 Å². The molecule has 4 aromatic rings. The lowest BCUT2D eigenvalue weighted by Crippen LogP contribution is -2.17. The summed E-state index contributed by atoms with van der Waals surface area (Å²) in [5.74, 6) is 0.811. The minimum atomic E-state index is -0.109. The lowest BCUT2D eigenvalue weighted by Gasteiger charge is -2.13. The number of ether oxygens (including phenoxy) is 2.